The first-order valence-corrected chi connectivity index (χ1v) is 6.46. The highest BCUT2D eigenvalue weighted by Gasteiger charge is 2.28. The average molecular weight is 270 g/mol. The number of nitrogens with one attached hydrogen (secondary N) is 1. The Morgan fingerprint density at radius 1 is 1.50 bits per heavy atom. The molecule has 1 aliphatic rings. The quantitative estimate of drug-likeness (QED) is 0.845. The van der Waals surface area contributed by atoms with Crippen molar-refractivity contribution in [3.05, 3.63) is 16.4 Å². The Balaban J connectivity index is 2.19. The van der Waals surface area contributed by atoms with Crippen molar-refractivity contribution in [3.63, 3.8) is 0 Å². The van der Waals surface area contributed by atoms with E-state index in [4.69, 9.17) is 11.6 Å². The zero-order valence-corrected chi connectivity index (χ0v) is 11.3. The molecule has 1 aromatic rings. The first-order chi connectivity index (χ1) is 8.52. The molecule has 1 N–H and O–H groups in total. The van der Waals surface area contributed by atoms with Crippen molar-refractivity contribution in [3.8, 4) is 0 Å². The van der Waals surface area contributed by atoms with Crippen LogP contribution in [-0.4, -0.2) is 21.6 Å². The van der Waals surface area contributed by atoms with Gasteiger partial charge in [0.2, 0.25) is 11.8 Å². The fourth-order valence-electron chi connectivity index (χ4n) is 2.23. The maximum Gasteiger partial charge on any atom is 0.230 e. The highest BCUT2D eigenvalue weighted by molar-refractivity contribution is 6.31. The van der Waals surface area contributed by atoms with E-state index in [1.54, 1.807) is 0 Å². The van der Waals surface area contributed by atoms with Crippen LogP contribution in [0.2, 0.25) is 5.02 Å². The number of carbonyl (C=O) groups excluding carboxylic acids is 2. The SMILES string of the molecule is CCn1nc(C)c(Cl)c1CC1CCC(=O)NC1=O. The van der Waals surface area contributed by atoms with Crippen LogP contribution in [0.15, 0.2) is 0 Å². The van der Waals surface area contributed by atoms with Crippen LogP contribution in [0, 0.1) is 12.8 Å². The van der Waals surface area contributed by atoms with Crippen molar-refractivity contribution in [2.24, 2.45) is 5.92 Å². The smallest absolute Gasteiger partial charge is 0.230 e. The van der Waals surface area contributed by atoms with Gasteiger partial charge in [-0.3, -0.25) is 19.6 Å². The lowest BCUT2D eigenvalue weighted by Crippen LogP contribution is -2.41. The van der Waals surface area contributed by atoms with Crippen LogP contribution >= 0.6 is 11.6 Å². The van der Waals surface area contributed by atoms with Crippen molar-refractivity contribution >= 4 is 23.4 Å². The van der Waals surface area contributed by atoms with Gasteiger partial charge in [-0.05, 0) is 20.3 Å². The number of nitrogens with zero attached hydrogens (tertiary/aromatic N) is 2. The summed E-state index contributed by atoms with van der Waals surface area (Å²) in [7, 11) is 0. The van der Waals surface area contributed by atoms with Crippen molar-refractivity contribution in [1.82, 2.24) is 15.1 Å². The Morgan fingerprint density at radius 2 is 2.22 bits per heavy atom. The van der Waals surface area contributed by atoms with E-state index in [1.807, 2.05) is 18.5 Å². The van der Waals surface area contributed by atoms with E-state index in [2.05, 4.69) is 10.4 Å². The Bertz CT molecular complexity index is 496. The summed E-state index contributed by atoms with van der Waals surface area (Å²) in [5, 5.41) is 7.31. The summed E-state index contributed by atoms with van der Waals surface area (Å²) in [6.45, 7) is 4.55. The van der Waals surface area contributed by atoms with Gasteiger partial charge in [0, 0.05) is 25.3 Å². The maximum absolute atomic E-state index is 11.7. The monoisotopic (exact) mass is 269 g/mol. The molecule has 1 atom stereocenters. The molecule has 6 heteroatoms. The van der Waals surface area contributed by atoms with Gasteiger partial charge in [0.15, 0.2) is 0 Å². The lowest BCUT2D eigenvalue weighted by atomic mass is 9.93. The summed E-state index contributed by atoms with van der Waals surface area (Å²) in [4.78, 5) is 22.8. The zero-order chi connectivity index (χ0) is 13.3. The normalized spacial score (nSPS) is 20.1. The Hall–Kier alpha value is -1.36. The summed E-state index contributed by atoms with van der Waals surface area (Å²) in [6, 6.07) is 0. The van der Waals surface area contributed by atoms with Gasteiger partial charge in [0.25, 0.3) is 0 Å². The maximum atomic E-state index is 11.7. The summed E-state index contributed by atoms with van der Waals surface area (Å²) < 4.78 is 1.82. The second kappa shape index (κ2) is 5.10. The number of rotatable bonds is 3. The molecule has 1 aromatic heterocycles. The van der Waals surface area contributed by atoms with Crippen molar-refractivity contribution in [1.29, 1.82) is 0 Å². The lowest BCUT2D eigenvalue weighted by Gasteiger charge is -2.21. The minimum absolute atomic E-state index is 0.192. The number of aromatic nitrogens is 2. The molecule has 0 aliphatic carbocycles. The number of halogens is 1. The minimum Gasteiger partial charge on any atom is -0.296 e. The molecule has 1 aliphatic heterocycles. The average Bonchev–Trinajstić information content (AvgIpc) is 2.60. The molecule has 2 rings (SSSR count). The number of hydrogen-bond donors (Lipinski definition) is 1. The number of carbonyl (C=O) groups is 2. The first-order valence-electron chi connectivity index (χ1n) is 6.08. The Morgan fingerprint density at radius 3 is 2.83 bits per heavy atom. The van der Waals surface area contributed by atoms with Crippen LogP contribution in [0.25, 0.3) is 0 Å². The summed E-state index contributed by atoms with van der Waals surface area (Å²) >= 11 is 6.21. The molecule has 5 nitrogen and oxygen atoms in total. The van der Waals surface area contributed by atoms with Crippen LogP contribution in [0.1, 0.15) is 31.2 Å². The van der Waals surface area contributed by atoms with Crippen LogP contribution < -0.4 is 5.32 Å². The van der Waals surface area contributed by atoms with Crippen LogP contribution in [0.3, 0.4) is 0 Å². The Labute approximate surface area is 110 Å². The van der Waals surface area contributed by atoms with Crippen LogP contribution in [-0.2, 0) is 22.6 Å². The molecule has 0 aromatic carbocycles. The van der Waals surface area contributed by atoms with Gasteiger partial charge in [0.05, 0.1) is 16.4 Å². The molecule has 98 valence electrons. The topological polar surface area (TPSA) is 64.0 Å². The fraction of sp³-hybridized carbons (Fsp3) is 0.583. The van der Waals surface area contributed by atoms with Crippen molar-refractivity contribution in [2.75, 3.05) is 0 Å². The van der Waals surface area contributed by atoms with E-state index in [-0.39, 0.29) is 17.7 Å². The minimum atomic E-state index is -0.205. The van der Waals surface area contributed by atoms with Crippen LogP contribution in [0.5, 0.6) is 0 Å². The van der Waals surface area contributed by atoms with E-state index < -0.39 is 0 Å². The number of imide groups is 1. The molecule has 0 radical (unpaired) electrons. The number of amides is 2. The highest BCUT2D eigenvalue weighted by Crippen LogP contribution is 2.25. The molecule has 1 saturated heterocycles. The fourth-order valence-corrected chi connectivity index (χ4v) is 2.44. The molecule has 2 heterocycles. The summed E-state index contributed by atoms with van der Waals surface area (Å²) in [5.41, 5.74) is 1.66. The molecule has 0 bridgehead atoms. The summed E-state index contributed by atoms with van der Waals surface area (Å²) in [6.07, 6.45) is 1.51. The van der Waals surface area contributed by atoms with Gasteiger partial charge < -0.3 is 0 Å². The van der Waals surface area contributed by atoms with Gasteiger partial charge in [0.1, 0.15) is 0 Å². The molecular weight excluding hydrogens is 254 g/mol. The molecule has 0 saturated carbocycles. The van der Waals surface area contributed by atoms with Gasteiger partial charge in [-0.25, -0.2) is 0 Å². The molecule has 1 unspecified atom stereocenters. The number of aryl methyl sites for hydroxylation is 2. The molecule has 18 heavy (non-hydrogen) atoms. The van der Waals surface area contributed by atoms with Gasteiger partial charge in [-0.1, -0.05) is 11.6 Å². The van der Waals surface area contributed by atoms with E-state index in [0.717, 1.165) is 17.9 Å². The van der Waals surface area contributed by atoms with E-state index >= 15 is 0 Å². The zero-order valence-electron chi connectivity index (χ0n) is 10.5. The van der Waals surface area contributed by atoms with Crippen molar-refractivity contribution < 1.29 is 9.59 Å². The molecular formula is C12H16ClN3O2. The third kappa shape index (κ3) is 2.41. The lowest BCUT2D eigenvalue weighted by molar-refractivity contribution is -0.136. The molecule has 1 fully saturated rings. The van der Waals surface area contributed by atoms with Gasteiger partial charge in [-0.15, -0.1) is 0 Å². The predicted octanol–water partition coefficient (Wildman–Crippen LogP) is 1.46. The third-order valence-electron chi connectivity index (χ3n) is 3.25. The third-order valence-corrected chi connectivity index (χ3v) is 3.74. The van der Waals surface area contributed by atoms with Crippen LogP contribution in [0.4, 0.5) is 0 Å². The van der Waals surface area contributed by atoms with E-state index in [9.17, 15) is 9.59 Å². The van der Waals surface area contributed by atoms with Crippen molar-refractivity contribution in [2.45, 2.75) is 39.7 Å². The predicted molar refractivity (Wildman–Crippen MR) is 67.2 cm³/mol. The van der Waals surface area contributed by atoms with Gasteiger partial charge >= 0.3 is 0 Å². The second-order valence-electron chi connectivity index (χ2n) is 4.51. The number of hydrogen-bond acceptors (Lipinski definition) is 3. The standard InChI is InChI=1S/C12H16ClN3O2/c1-3-16-9(11(13)7(2)15-16)6-8-4-5-10(17)14-12(8)18/h8H,3-6H2,1-2H3,(H,14,17,18). The largest absolute Gasteiger partial charge is 0.296 e. The highest BCUT2D eigenvalue weighted by atomic mass is 35.5. The van der Waals surface area contributed by atoms with E-state index in [1.165, 1.54) is 0 Å². The van der Waals surface area contributed by atoms with Gasteiger partial charge in [-0.2, -0.15) is 5.10 Å². The Kier molecular flexibility index (Phi) is 3.71. The summed E-state index contributed by atoms with van der Waals surface area (Å²) in [5.74, 6) is -0.590. The molecule has 2 amide bonds. The number of piperidine rings is 1. The molecule has 0 spiro atoms. The van der Waals surface area contributed by atoms with E-state index in [0.29, 0.717) is 24.3 Å². The first kappa shape index (κ1) is 13.1. The second-order valence-corrected chi connectivity index (χ2v) is 4.89.